The van der Waals surface area contributed by atoms with Gasteiger partial charge in [0.25, 0.3) is 0 Å². The number of ether oxygens (including phenoxy) is 1. The fraction of sp³-hybridized carbons (Fsp3) is 0.459. The number of aliphatic hydroxyl groups excluding tert-OH is 1. The third-order valence-electron chi connectivity index (χ3n) is 8.22. The van der Waals surface area contributed by atoms with Crippen LogP contribution in [0.2, 0.25) is 25.7 Å². The van der Waals surface area contributed by atoms with Crippen LogP contribution in [0, 0.1) is 17.0 Å². The number of hydrogen-bond donors (Lipinski definition) is 4. The molecule has 51 heavy (non-hydrogen) atoms. The molecule has 1 heterocycles. The van der Waals surface area contributed by atoms with Gasteiger partial charge < -0.3 is 35.1 Å². The first-order valence-electron chi connectivity index (χ1n) is 16.9. The van der Waals surface area contributed by atoms with Crippen LogP contribution in [-0.4, -0.2) is 84.0 Å². The molecule has 0 fully saturated rings. The molecular weight excluding hydrogens is 679 g/mol. The highest BCUT2D eigenvalue weighted by Crippen LogP contribution is 2.41. The summed E-state index contributed by atoms with van der Waals surface area (Å²) in [7, 11) is -1.53. The SMILES string of the molecule is CC(C)(C)C(c1cc(-c2cc(F)ccc2F)cn1Cc1ccccc1)N(CCC(NC(=O)OCC[Si](C)(C)C)C(=O)NCCC(=O)O)C(=O)CO. The van der Waals surface area contributed by atoms with Gasteiger partial charge in [0.2, 0.25) is 11.8 Å². The fourth-order valence-corrected chi connectivity index (χ4v) is 6.40. The van der Waals surface area contributed by atoms with Gasteiger partial charge in [0.1, 0.15) is 24.3 Å². The Balaban J connectivity index is 2.04. The number of carboxylic acids is 1. The molecule has 3 amide bonds. The Hall–Kier alpha value is -4.56. The van der Waals surface area contributed by atoms with Crippen LogP contribution in [0.4, 0.5) is 13.6 Å². The number of halogens is 2. The van der Waals surface area contributed by atoms with E-state index in [4.69, 9.17) is 9.84 Å². The van der Waals surface area contributed by atoms with Gasteiger partial charge >= 0.3 is 12.1 Å². The summed E-state index contributed by atoms with van der Waals surface area (Å²) in [4.78, 5) is 52.2. The van der Waals surface area contributed by atoms with Crippen molar-refractivity contribution in [1.29, 1.82) is 0 Å². The Morgan fingerprint density at radius 3 is 2.31 bits per heavy atom. The molecule has 0 aliphatic heterocycles. The van der Waals surface area contributed by atoms with Gasteiger partial charge in [-0.05, 0) is 47.7 Å². The summed E-state index contributed by atoms with van der Waals surface area (Å²) in [5.74, 6) is -3.70. The predicted octanol–water partition coefficient (Wildman–Crippen LogP) is 5.80. The van der Waals surface area contributed by atoms with Crippen LogP contribution in [0.5, 0.6) is 0 Å². The molecule has 0 spiro atoms. The zero-order valence-corrected chi connectivity index (χ0v) is 31.2. The summed E-state index contributed by atoms with van der Waals surface area (Å²) in [6, 6.07) is 13.0. The van der Waals surface area contributed by atoms with Gasteiger partial charge in [0.15, 0.2) is 0 Å². The fourth-order valence-electron chi connectivity index (χ4n) is 5.69. The molecule has 2 atom stereocenters. The molecule has 0 bridgehead atoms. The quantitative estimate of drug-likeness (QED) is 0.128. The topological polar surface area (TPSA) is 150 Å². The van der Waals surface area contributed by atoms with Crippen molar-refractivity contribution in [3.05, 3.63) is 83.7 Å². The minimum absolute atomic E-state index is 0.0330. The van der Waals surface area contributed by atoms with E-state index in [0.29, 0.717) is 23.8 Å². The van der Waals surface area contributed by atoms with Crippen LogP contribution >= 0.6 is 0 Å². The molecule has 3 rings (SSSR count). The van der Waals surface area contributed by atoms with Crippen LogP contribution in [0.15, 0.2) is 60.8 Å². The second kappa shape index (κ2) is 18.1. The molecule has 2 aromatic carbocycles. The largest absolute Gasteiger partial charge is 0.481 e. The Kier molecular flexibility index (Phi) is 14.5. The number of nitrogens with zero attached hydrogens (tertiary/aromatic N) is 2. The van der Waals surface area contributed by atoms with Crippen LogP contribution in [0.1, 0.15) is 50.9 Å². The van der Waals surface area contributed by atoms with Gasteiger partial charge in [-0.3, -0.25) is 14.4 Å². The Bertz CT molecular complexity index is 1650. The lowest BCUT2D eigenvalue weighted by atomic mass is 9.82. The molecule has 2 unspecified atom stereocenters. The Morgan fingerprint density at radius 1 is 1.02 bits per heavy atom. The second-order valence-electron chi connectivity index (χ2n) is 14.8. The van der Waals surface area contributed by atoms with Crippen molar-refractivity contribution in [3.8, 4) is 11.1 Å². The first-order valence-corrected chi connectivity index (χ1v) is 20.6. The molecule has 0 saturated carbocycles. The van der Waals surface area contributed by atoms with Crippen LogP contribution in [-0.2, 0) is 25.7 Å². The maximum absolute atomic E-state index is 15.1. The van der Waals surface area contributed by atoms with E-state index in [-0.39, 0.29) is 38.1 Å². The predicted molar refractivity (Wildman–Crippen MR) is 193 cm³/mol. The van der Waals surface area contributed by atoms with E-state index in [9.17, 15) is 28.7 Å². The number of nitrogens with one attached hydrogen (secondary N) is 2. The molecule has 0 aliphatic rings. The zero-order valence-electron chi connectivity index (χ0n) is 30.2. The number of benzene rings is 2. The molecular formula is C37H50F2N4O7Si. The highest BCUT2D eigenvalue weighted by atomic mass is 28.3. The summed E-state index contributed by atoms with van der Waals surface area (Å²) < 4.78 is 36.6. The lowest BCUT2D eigenvalue weighted by molar-refractivity contribution is -0.140. The molecule has 0 saturated heterocycles. The van der Waals surface area contributed by atoms with Crippen molar-refractivity contribution >= 4 is 32.0 Å². The summed E-state index contributed by atoms with van der Waals surface area (Å²) in [6.07, 6.45) is 0.396. The van der Waals surface area contributed by atoms with E-state index in [1.807, 2.05) is 55.7 Å². The third-order valence-corrected chi connectivity index (χ3v) is 9.93. The summed E-state index contributed by atoms with van der Waals surface area (Å²) in [5.41, 5.74) is 1.17. The van der Waals surface area contributed by atoms with Gasteiger partial charge in [-0.25, -0.2) is 13.6 Å². The average Bonchev–Trinajstić information content (AvgIpc) is 3.44. The standard InChI is InChI=1S/C37H50F2N4O7Si/c1-37(2,3)34(31-20-26(28-21-27(38)12-13-29(28)39)23-42(31)22-25-10-8-7-9-11-25)43(32(45)24-44)17-15-30(35(48)40-16-14-33(46)47)41-36(49)50-18-19-51(4,5)6/h7-13,20-21,23,30,34,44H,14-19,22,24H2,1-6H3,(H,40,48)(H,41,49)(H,46,47). The van der Waals surface area contributed by atoms with E-state index in [1.54, 1.807) is 12.3 Å². The summed E-state index contributed by atoms with van der Waals surface area (Å²) in [5, 5.41) is 24.3. The molecule has 1 aromatic heterocycles. The zero-order chi connectivity index (χ0) is 37.9. The molecule has 278 valence electrons. The van der Waals surface area contributed by atoms with Crippen molar-refractivity contribution in [1.82, 2.24) is 20.1 Å². The molecule has 0 radical (unpaired) electrons. The van der Waals surface area contributed by atoms with Crippen molar-refractivity contribution in [3.63, 3.8) is 0 Å². The molecule has 14 heteroatoms. The highest BCUT2D eigenvalue weighted by molar-refractivity contribution is 6.76. The Labute approximate surface area is 299 Å². The minimum Gasteiger partial charge on any atom is -0.481 e. The number of alkyl carbamates (subject to hydrolysis) is 1. The third kappa shape index (κ3) is 12.6. The van der Waals surface area contributed by atoms with E-state index in [2.05, 4.69) is 30.3 Å². The monoisotopic (exact) mass is 728 g/mol. The van der Waals surface area contributed by atoms with Gasteiger partial charge in [-0.2, -0.15) is 0 Å². The van der Waals surface area contributed by atoms with Crippen molar-refractivity contribution in [2.45, 2.75) is 77.9 Å². The number of aromatic nitrogens is 1. The maximum atomic E-state index is 15.1. The van der Waals surface area contributed by atoms with Crippen molar-refractivity contribution in [2.24, 2.45) is 5.41 Å². The second-order valence-corrected chi connectivity index (χ2v) is 20.4. The van der Waals surface area contributed by atoms with E-state index >= 15 is 4.39 Å². The van der Waals surface area contributed by atoms with Crippen LogP contribution in [0.25, 0.3) is 11.1 Å². The van der Waals surface area contributed by atoms with Gasteiger partial charge in [0.05, 0.1) is 19.1 Å². The minimum atomic E-state index is -1.53. The first kappa shape index (κ1) is 40.9. The number of carboxylic acid groups (broad SMARTS) is 1. The number of amides is 3. The lowest BCUT2D eigenvalue weighted by Gasteiger charge is -2.41. The number of aliphatic hydroxyl groups is 1. The number of carbonyl (C=O) groups is 4. The van der Waals surface area contributed by atoms with Crippen LogP contribution in [0.3, 0.4) is 0 Å². The number of carbonyl (C=O) groups excluding carboxylic acids is 3. The van der Waals surface area contributed by atoms with E-state index in [1.165, 1.54) is 4.90 Å². The smallest absolute Gasteiger partial charge is 0.407 e. The summed E-state index contributed by atoms with van der Waals surface area (Å²) in [6.45, 7) is 11.3. The molecule has 0 aliphatic carbocycles. The van der Waals surface area contributed by atoms with Crippen molar-refractivity contribution < 1.29 is 42.9 Å². The van der Waals surface area contributed by atoms with E-state index in [0.717, 1.165) is 23.8 Å². The first-order chi connectivity index (χ1) is 23.9. The lowest BCUT2D eigenvalue weighted by Crippen LogP contribution is -2.50. The van der Waals surface area contributed by atoms with E-state index < -0.39 is 67.7 Å². The molecule has 11 nitrogen and oxygen atoms in total. The van der Waals surface area contributed by atoms with Crippen molar-refractivity contribution in [2.75, 3.05) is 26.3 Å². The normalized spacial score (nSPS) is 12.9. The number of rotatable bonds is 17. The number of hydrogen-bond acceptors (Lipinski definition) is 6. The molecule has 4 N–H and O–H groups in total. The van der Waals surface area contributed by atoms with Crippen LogP contribution < -0.4 is 10.6 Å². The number of aliphatic carboxylic acids is 1. The van der Waals surface area contributed by atoms with Gasteiger partial charge in [-0.15, -0.1) is 0 Å². The average molecular weight is 729 g/mol. The Morgan fingerprint density at radius 2 is 1.71 bits per heavy atom. The van der Waals surface area contributed by atoms with Gasteiger partial charge in [-0.1, -0.05) is 70.7 Å². The van der Waals surface area contributed by atoms with Gasteiger partial charge in [0, 0.05) is 50.7 Å². The molecule has 3 aromatic rings. The maximum Gasteiger partial charge on any atom is 0.407 e. The highest BCUT2D eigenvalue weighted by Gasteiger charge is 2.38. The summed E-state index contributed by atoms with van der Waals surface area (Å²) >= 11 is 0.